The molecule has 2 aromatic rings. The van der Waals surface area contributed by atoms with Crippen molar-refractivity contribution >= 4 is 35.4 Å². The average Bonchev–Trinajstić information content (AvgIpc) is 3.06. The number of rotatable bonds is 7. The zero-order chi connectivity index (χ0) is 24.8. The van der Waals surface area contributed by atoms with Crippen LogP contribution in [-0.4, -0.2) is 55.3 Å². The number of thiazole rings is 1. The van der Waals surface area contributed by atoms with Crippen LogP contribution in [0.15, 0.2) is 23.0 Å². The molecule has 0 N–H and O–H groups in total. The van der Waals surface area contributed by atoms with Crippen molar-refractivity contribution < 1.29 is 23.8 Å². The number of likely N-dealkylation sites (tertiary alicyclic amines) is 1. The number of carbonyl (C=O) groups is 2. The number of methoxy groups -OCH3 is 2. The van der Waals surface area contributed by atoms with E-state index in [1.54, 1.807) is 45.4 Å². The smallest absolute Gasteiger partial charge is 0.333 e. The first-order valence-corrected chi connectivity index (χ1v) is 12.2. The molecule has 0 aliphatic carbocycles. The van der Waals surface area contributed by atoms with Crippen molar-refractivity contribution in [3.05, 3.63) is 43.3 Å². The molecule has 9 heteroatoms. The van der Waals surface area contributed by atoms with E-state index in [2.05, 4.69) is 13.8 Å². The molecular weight excluding hydrogens is 456 g/mol. The van der Waals surface area contributed by atoms with Crippen LogP contribution in [0.25, 0.3) is 12.2 Å². The molecule has 2 atom stereocenters. The van der Waals surface area contributed by atoms with Crippen molar-refractivity contribution in [2.75, 3.05) is 33.9 Å². The summed E-state index contributed by atoms with van der Waals surface area (Å²) in [6.07, 6.45) is 4.05. The van der Waals surface area contributed by atoms with Crippen LogP contribution in [0.3, 0.4) is 0 Å². The number of benzene rings is 1. The van der Waals surface area contributed by atoms with E-state index < -0.39 is 5.97 Å². The van der Waals surface area contributed by atoms with Gasteiger partial charge in [0.2, 0.25) is 5.91 Å². The van der Waals surface area contributed by atoms with Crippen LogP contribution >= 0.6 is 11.3 Å². The SMILES string of the molecule is CCOC(=O)/C=c1\s/c(=C\c2cc(OC)cc(OC)c2)c(=O)n1CC(=O)N1C[C@H](C)C[C@H](C)C1. The second-order valence-electron chi connectivity index (χ2n) is 8.63. The van der Waals surface area contributed by atoms with Crippen LogP contribution < -0.4 is 24.2 Å². The Morgan fingerprint density at radius 1 is 1.09 bits per heavy atom. The van der Waals surface area contributed by atoms with Crippen molar-refractivity contribution in [1.82, 2.24) is 9.47 Å². The molecule has 1 fully saturated rings. The zero-order valence-corrected chi connectivity index (χ0v) is 21.1. The molecule has 1 aliphatic heterocycles. The Hall–Kier alpha value is -3.07. The van der Waals surface area contributed by atoms with E-state index in [9.17, 15) is 14.4 Å². The third kappa shape index (κ3) is 6.28. The number of ether oxygens (including phenoxy) is 3. The molecule has 0 unspecified atom stereocenters. The highest BCUT2D eigenvalue weighted by molar-refractivity contribution is 7.07. The van der Waals surface area contributed by atoms with Crippen molar-refractivity contribution in [3.8, 4) is 11.5 Å². The second kappa shape index (κ2) is 11.4. The van der Waals surface area contributed by atoms with Gasteiger partial charge in [-0.25, -0.2) is 4.79 Å². The van der Waals surface area contributed by atoms with Crippen LogP contribution in [0.4, 0.5) is 0 Å². The fraction of sp³-hybridized carbons (Fsp3) is 0.480. The predicted molar refractivity (Wildman–Crippen MR) is 132 cm³/mol. The third-order valence-electron chi connectivity index (χ3n) is 5.65. The molecule has 0 saturated carbocycles. The van der Waals surface area contributed by atoms with Crippen molar-refractivity contribution in [3.63, 3.8) is 0 Å². The molecule has 0 bridgehead atoms. The molecule has 1 aliphatic rings. The molecule has 1 aromatic carbocycles. The predicted octanol–water partition coefficient (Wildman–Crippen LogP) is 1.60. The van der Waals surface area contributed by atoms with Crippen LogP contribution in [0, 0.1) is 11.8 Å². The number of hydrogen-bond acceptors (Lipinski definition) is 7. The van der Waals surface area contributed by atoms with Gasteiger partial charge in [0.05, 0.1) is 31.4 Å². The molecule has 34 heavy (non-hydrogen) atoms. The number of carbonyl (C=O) groups excluding carboxylic acids is 2. The van der Waals surface area contributed by atoms with Gasteiger partial charge in [0.1, 0.15) is 22.7 Å². The van der Waals surface area contributed by atoms with Crippen LogP contribution in [0.2, 0.25) is 0 Å². The second-order valence-corrected chi connectivity index (χ2v) is 9.69. The van der Waals surface area contributed by atoms with Gasteiger partial charge >= 0.3 is 5.97 Å². The lowest BCUT2D eigenvalue weighted by molar-refractivity contribution is -0.136. The molecule has 0 spiro atoms. The highest BCUT2D eigenvalue weighted by Gasteiger charge is 2.26. The minimum absolute atomic E-state index is 0.130. The average molecular weight is 489 g/mol. The Balaban J connectivity index is 2.05. The number of aromatic nitrogens is 1. The minimum atomic E-state index is -0.556. The van der Waals surface area contributed by atoms with Gasteiger partial charge in [-0.2, -0.15) is 0 Å². The van der Waals surface area contributed by atoms with E-state index in [-0.39, 0.29) is 24.6 Å². The van der Waals surface area contributed by atoms with Crippen molar-refractivity contribution in [2.45, 2.75) is 33.7 Å². The van der Waals surface area contributed by atoms with Crippen LogP contribution in [0.1, 0.15) is 32.8 Å². The number of esters is 1. The molecule has 184 valence electrons. The van der Waals surface area contributed by atoms with Gasteiger partial charge in [-0.15, -0.1) is 11.3 Å². The van der Waals surface area contributed by atoms with E-state index in [0.29, 0.717) is 51.2 Å². The molecular formula is C25H32N2O6S. The number of hydrogen-bond donors (Lipinski definition) is 0. The molecule has 8 nitrogen and oxygen atoms in total. The number of nitrogens with zero attached hydrogens (tertiary/aromatic N) is 2. The number of piperidine rings is 1. The van der Waals surface area contributed by atoms with Gasteiger partial charge in [0, 0.05) is 19.2 Å². The summed E-state index contributed by atoms with van der Waals surface area (Å²) in [4.78, 5) is 40.4. The molecule has 2 heterocycles. The fourth-order valence-corrected chi connectivity index (χ4v) is 5.27. The van der Waals surface area contributed by atoms with Gasteiger partial charge in [0.25, 0.3) is 5.56 Å². The van der Waals surface area contributed by atoms with E-state index in [4.69, 9.17) is 14.2 Å². The largest absolute Gasteiger partial charge is 0.497 e. The summed E-state index contributed by atoms with van der Waals surface area (Å²) in [6.45, 7) is 7.39. The Morgan fingerprint density at radius 2 is 1.71 bits per heavy atom. The summed E-state index contributed by atoms with van der Waals surface area (Å²) in [5, 5.41) is 0. The summed E-state index contributed by atoms with van der Waals surface area (Å²) in [7, 11) is 3.11. The van der Waals surface area contributed by atoms with E-state index in [1.165, 1.54) is 10.6 Å². The Labute approximate surface area is 203 Å². The maximum Gasteiger partial charge on any atom is 0.333 e. The first kappa shape index (κ1) is 25.6. The van der Waals surface area contributed by atoms with E-state index in [1.807, 2.05) is 4.90 Å². The summed E-state index contributed by atoms with van der Waals surface area (Å²) in [6, 6.07) is 5.30. The first-order chi connectivity index (χ1) is 16.2. The van der Waals surface area contributed by atoms with Gasteiger partial charge in [-0.3, -0.25) is 14.2 Å². The lowest BCUT2D eigenvalue weighted by atomic mass is 9.92. The molecule has 1 aromatic heterocycles. The Kier molecular flexibility index (Phi) is 8.55. The Bertz CT molecular complexity index is 1180. The molecule has 1 amide bonds. The minimum Gasteiger partial charge on any atom is -0.497 e. The maximum atomic E-state index is 13.3. The Morgan fingerprint density at radius 3 is 2.26 bits per heavy atom. The lowest BCUT2D eigenvalue weighted by Gasteiger charge is -2.35. The summed E-state index contributed by atoms with van der Waals surface area (Å²) in [5.74, 6) is 1.30. The topological polar surface area (TPSA) is 87.1 Å². The van der Waals surface area contributed by atoms with Gasteiger partial charge in [0.15, 0.2) is 0 Å². The quantitative estimate of drug-likeness (QED) is 0.551. The van der Waals surface area contributed by atoms with Gasteiger partial charge in [-0.05, 0) is 49.0 Å². The molecule has 3 rings (SSSR count). The lowest BCUT2D eigenvalue weighted by Crippen LogP contribution is -2.46. The normalized spacial score (nSPS) is 19.3. The highest BCUT2D eigenvalue weighted by Crippen LogP contribution is 2.23. The third-order valence-corrected chi connectivity index (χ3v) is 6.71. The van der Waals surface area contributed by atoms with E-state index in [0.717, 1.165) is 17.8 Å². The van der Waals surface area contributed by atoms with Crippen LogP contribution in [-0.2, 0) is 20.9 Å². The maximum absolute atomic E-state index is 13.3. The zero-order valence-electron chi connectivity index (χ0n) is 20.3. The van der Waals surface area contributed by atoms with Gasteiger partial charge in [-0.1, -0.05) is 13.8 Å². The van der Waals surface area contributed by atoms with Gasteiger partial charge < -0.3 is 19.1 Å². The van der Waals surface area contributed by atoms with Crippen molar-refractivity contribution in [2.24, 2.45) is 11.8 Å². The highest BCUT2D eigenvalue weighted by atomic mass is 32.1. The monoisotopic (exact) mass is 488 g/mol. The molecule has 1 saturated heterocycles. The summed E-state index contributed by atoms with van der Waals surface area (Å²) in [5.41, 5.74) is 0.364. The van der Waals surface area contributed by atoms with Crippen molar-refractivity contribution in [1.29, 1.82) is 0 Å². The standard InChI is InChI=1S/C25H32N2O6S/c1-6-33-24(29)12-23-27(15-22(28)26-13-16(2)7-17(3)14-26)25(30)21(34-23)10-18-8-19(31-4)11-20(9-18)32-5/h8-12,16-17H,6-7,13-15H2,1-5H3/b21-10-,23-12-/t16-,17+. The first-order valence-electron chi connectivity index (χ1n) is 11.3. The summed E-state index contributed by atoms with van der Waals surface area (Å²) >= 11 is 1.14. The number of amides is 1. The van der Waals surface area contributed by atoms with E-state index >= 15 is 0 Å². The fourth-order valence-electron chi connectivity index (χ4n) is 4.24. The summed E-state index contributed by atoms with van der Waals surface area (Å²) < 4.78 is 17.8. The van der Waals surface area contributed by atoms with Crippen LogP contribution in [0.5, 0.6) is 11.5 Å². The molecule has 0 radical (unpaired) electrons.